The summed E-state index contributed by atoms with van der Waals surface area (Å²) in [5.41, 5.74) is 2.61. The topological polar surface area (TPSA) is 126 Å². The van der Waals surface area contributed by atoms with Gasteiger partial charge in [-0.2, -0.15) is 0 Å². The molecule has 3 N–H and O–H groups in total. The standard InChI is InChI=1S/C23H29N5O5/c1-32-23(31)28-8-6-17(7-9-28)33-21-11-19(26-14-27-21)22(30)25-13-20(29)18-10-15-4-2-3-5-16(15)12-24-18/h2-5,11,14,17-18,20,24,29H,6-10,12-13H2,1H3,(H,25,30)/t18-,20?/m0/s1. The van der Waals surface area contributed by atoms with Crippen molar-refractivity contribution in [3.05, 3.63) is 53.5 Å². The summed E-state index contributed by atoms with van der Waals surface area (Å²) in [5.74, 6) is -0.101. The van der Waals surface area contributed by atoms with Crippen molar-refractivity contribution in [2.75, 3.05) is 26.7 Å². The number of nitrogens with one attached hydrogen (secondary N) is 2. The van der Waals surface area contributed by atoms with Crippen molar-refractivity contribution in [3.8, 4) is 5.88 Å². The molecule has 0 bridgehead atoms. The molecule has 2 aliphatic rings. The first-order chi connectivity index (χ1) is 16.0. The van der Waals surface area contributed by atoms with Crippen LogP contribution < -0.4 is 15.4 Å². The fourth-order valence-corrected chi connectivity index (χ4v) is 4.17. The molecule has 1 aromatic carbocycles. The van der Waals surface area contributed by atoms with Crippen molar-refractivity contribution in [2.24, 2.45) is 0 Å². The number of hydrogen-bond acceptors (Lipinski definition) is 8. The number of carbonyl (C=O) groups excluding carboxylic acids is 2. The third kappa shape index (κ3) is 5.77. The van der Waals surface area contributed by atoms with Crippen molar-refractivity contribution in [3.63, 3.8) is 0 Å². The lowest BCUT2D eigenvalue weighted by atomic mass is 9.93. The van der Waals surface area contributed by atoms with Crippen LogP contribution in [0.1, 0.15) is 34.5 Å². The Bertz CT molecular complexity index is 979. The molecule has 1 saturated heterocycles. The molecule has 1 aromatic heterocycles. The van der Waals surface area contributed by atoms with Crippen LogP contribution in [-0.4, -0.2) is 77.0 Å². The fraction of sp³-hybridized carbons (Fsp3) is 0.478. The summed E-state index contributed by atoms with van der Waals surface area (Å²) in [4.78, 5) is 33.9. The SMILES string of the molecule is COC(=O)N1CCC(Oc2cc(C(=O)NCC(O)[C@@H]3Cc4ccccc4CN3)ncn2)CC1. The Hall–Kier alpha value is -3.24. The first kappa shape index (κ1) is 22.9. The lowest BCUT2D eigenvalue weighted by molar-refractivity contribution is 0.0766. The van der Waals surface area contributed by atoms with Gasteiger partial charge >= 0.3 is 6.09 Å². The Balaban J connectivity index is 1.26. The number of amides is 2. The zero-order valence-electron chi connectivity index (χ0n) is 18.6. The Labute approximate surface area is 192 Å². The summed E-state index contributed by atoms with van der Waals surface area (Å²) in [6.07, 6.45) is 2.08. The van der Waals surface area contributed by atoms with Gasteiger partial charge in [0.2, 0.25) is 5.88 Å². The number of aliphatic hydroxyl groups is 1. The molecule has 2 aromatic rings. The van der Waals surface area contributed by atoms with E-state index < -0.39 is 12.0 Å². The molecule has 2 atom stereocenters. The number of aliphatic hydroxyl groups excluding tert-OH is 1. The number of ether oxygens (including phenoxy) is 2. The summed E-state index contributed by atoms with van der Waals surface area (Å²) in [6.45, 7) is 1.86. The van der Waals surface area contributed by atoms with Gasteiger partial charge in [0.05, 0.1) is 13.2 Å². The zero-order valence-corrected chi connectivity index (χ0v) is 18.6. The number of hydrogen-bond donors (Lipinski definition) is 3. The Morgan fingerprint density at radius 3 is 2.76 bits per heavy atom. The predicted molar refractivity (Wildman–Crippen MR) is 119 cm³/mol. The minimum atomic E-state index is -0.736. The molecule has 0 aliphatic carbocycles. The van der Waals surface area contributed by atoms with E-state index in [2.05, 4.69) is 32.7 Å². The summed E-state index contributed by atoms with van der Waals surface area (Å²) in [6, 6.07) is 9.49. The first-order valence-electron chi connectivity index (χ1n) is 11.1. The van der Waals surface area contributed by atoms with Gasteiger partial charge in [-0.3, -0.25) is 4.79 Å². The molecule has 2 aliphatic heterocycles. The maximum absolute atomic E-state index is 12.6. The second-order valence-corrected chi connectivity index (χ2v) is 8.25. The monoisotopic (exact) mass is 455 g/mol. The van der Waals surface area contributed by atoms with Gasteiger partial charge in [-0.15, -0.1) is 0 Å². The van der Waals surface area contributed by atoms with Gasteiger partial charge in [-0.05, 0) is 17.5 Å². The van der Waals surface area contributed by atoms with Crippen LogP contribution in [0.25, 0.3) is 0 Å². The normalized spacial score (nSPS) is 19.3. The highest BCUT2D eigenvalue weighted by Crippen LogP contribution is 2.19. The molecule has 2 amide bonds. The molecule has 10 nitrogen and oxygen atoms in total. The molecule has 0 radical (unpaired) electrons. The van der Waals surface area contributed by atoms with E-state index in [4.69, 9.17) is 9.47 Å². The number of likely N-dealkylation sites (tertiary alicyclic amines) is 1. The molecule has 3 heterocycles. The third-order valence-corrected chi connectivity index (χ3v) is 6.09. The second kappa shape index (κ2) is 10.6. The van der Waals surface area contributed by atoms with E-state index in [0.29, 0.717) is 44.8 Å². The average Bonchev–Trinajstić information content (AvgIpc) is 2.87. The third-order valence-electron chi connectivity index (χ3n) is 6.09. The summed E-state index contributed by atoms with van der Waals surface area (Å²) in [7, 11) is 1.36. The maximum atomic E-state index is 12.6. The number of rotatable bonds is 6. The average molecular weight is 456 g/mol. The highest BCUT2D eigenvalue weighted by molar-refractivity contribution is 5.92. The predicted octanol–water partition coefficient (Wildman–Crippen LogP) is 0.891. The van der Waals surface area contributed by atoms with Crippen LogP contribution in [0.2, 0.25) is 0 Å². The Kier molecular flexibility index (Phi) is 7.36. The fourth-order valence-electron chi connectivity index (χ4n) is 4.17. The van der Waals surface area contributed by atoms with E-state index in [-0.39, 0.29) is 30.5 Å². The molecule has 0 spiro atoms. The molecule has 1 fully saturated rings. The molecular weight excluding hydrogens is 426 g/mol. The summed E-state index contributed by atoms with van der Waals surface area (Å²) in [5, 5.41) is 16.6. The van der Waals surface area contributed by atoms with Gasteiger partial charge in [0, 0.05) is 51.1 Å². The summed E-state index contributed by atoms with van der Waals surface area (Å²) < 4.78 is 10.6. The highest BCUT2D eigenvalue weighted by Gasteiger charge is 2.26. The van der Waals surface area contributed by atoms with E-state index in [9.17, 15) is 14.7 Å². The van der Waals surface area contributed by atoms with E-state index >= 15 is 0 Å². The number of methoxy groups -OCH3 is 1. The Morgan fingerprint density at radius 2 is 2.00 bits per heavy atom. The van der Waals surface area contributed by atoms with Crippen molar-refractivity contribution in [1.29, 1.82) is 0 Å². The van der Waals surface area contributed by atoms with Gasteiger partial charge in [0.15, 0.2) is 0 Å². The Morgan fingerprint density at radius 1 is 1.24 bits per heavy atom. The van der Waals surface area contributed by atoms with E-state index in [1.54, 1.807) is 4.90 Å². The molecule has 4 rings (SSSR count). The smallest absolute Gasteiger partial charge is 0.409 e. The van der Waals surface area contributed by atoms with Crippen molar-refractivity contribution < 1.29 is 24.2 Å². The van der Waals surface area contributed by atoms with Gasteiger partial charge < -0.3 is 30.1 Å². The van der Waals surface area contributed by atoms with Crippen LogP contribution >= 0.6 is 0 Å². The van der Waals surface area contributed by atoms with Crippen LogP contribution in [0, 0.1) is 0 Å². The quantitative estimate of drug-likeness (QED) is 0.586. The van der Waals surface area contributed by atoms with Gasteiger partial charge in [-0.1, -0.05) is 24.3 Å². The van der Waals surface area contributed by atoms with Crippen LogP contribution in [-0.2, 0) is 17.7 Å². The number of aromatic nitrogens is 2. The molecule has 33 heavy (non-hydrogen) atoms. The molecule has 1 unspecified atom stereocenters. The minimum Gasteiger partial charge on any atom is -0.474 e. The number of fused-ring (bicyclic) bond motifs is 1. The van der Waals surface area contributed by atoms with Crippen LogP contribution in [0.15, 0.2) is 36.7 Å². The number of carbonyl (C=O) groups is 2. The van der Waals surface area contributed by atoms with Crippen LogP contribution in [0.4, 0.5) is 4.79 Å². The van der Waals surface area contributed by atoms with Crippen molar-refractivity contribution in [2.45, 2.75) is 44.1 Å². The minimum absolute atomic E-state index is 0.102. The number of nitrogens with zero attached hydrogens (tertiary/aromatic N) is 3. The van der Waals surface area contributed by atoms with Crippen molar-refractivity contribution >= 4 is 12.0 Å². The van der Waals surface area contributed by atoms with E-state index in [1.165, 1.54) is 30.6 Å². The molecule has 10 heteroatoms. The van der Waals surface area contributed by atoms with E-state index in [1.807, 2.05) is 12.1 Å². The van der Waals surface area contributed by atoms with Gasteiger partial charge in [0.25, 0.3) is 5.91 Å². The highest BCUT2D eigenvalue weighted by atomic mass is 16.5. The van der Waals surface area contributed by atoms with Gasteiger partial charge in [-0.25, -0.2) is 14.8 Å². The van der Waals surface area contributed by atoms with Crippen molar-refractivity contribution in [1.82, 2.24) is 25.5 Å². The number of piperidine rings is 1. The van der Waals surface area contributed by atoms with Gasteiger partial charge in [0.1, 0.15) is 18.1 Å². The molecule has 0 saturated carbocycles. The zero-order chi connectivity index (χ0) is 23.2. The molecular formula is C23H29N5O5. The summed E-state index contributed by atoms with van der Waals surface area (Å²) >= 11 is 0. The lowest BCUT2D eigenvalue weighted by Crippen LogP contribution is -2.49. The second-order valence-electron chi connectivity index (χ2n) is 8.25. The largest absolute Gasteiger partial charge is 0.474 e. The first-order valence-corrected chi connectivity index (χ1v) is 11.1. The number of benzene rings is 1. The molecule has 176 valence electrons. The van der Waals surface area contributed by atoms with Crippen LogP contribution in [0.5, 0.6) is 5.88 Å². The van der Waals surface area contributed by atoms with Crippen LogP contribution in [0.3, 0.4) is 0 Å². The lowest BCUT2D eigenvalue weighted by Gasteiger charge is -2.30. The maximum Gasteiger partial charge on any atom is 0.409 e. The van der Waals surface area contributed by atoms with E-state index in [0.717, 1.165) is 0 Å².